The maximum absolute atomic E-state index is 12.2. The minimum Gasteiger partial charge on any atom is -0.344 e. The van der Waals surface area contributed by atoms with Crippen LogP contribution in [0.4, 0.5) is 0 Å². The first-order valence-electron chi connectivity index (χ1n) is 8.57. The molecule has 0 unspecified atom stereocenters. The molecule has 128 valence electrons. The minimum atomic E-state index is -0.0424. The number of halogens is 1. The molecule has 0 saturated heterocycles. The number of nitrogens with one attached hydrogen (secondary N) is 1. The Bertz CT molecular complexity index is 648. The van der Waals surface area contributed by atoms with E-state index in [1.54, 1.807) is 0 Å². The van der Waals surface area contributed by atoms with Crippen LogP contribution in [0.15, 0.2) is 48.8 Å². The number of nitrogens with zero attached hydrogens (tertiary/aromatic N) is 1. The van der Waals surface area contributed by atoms with Crippen LogP contribution in [0.3, 0.4) is 0 Å². The van der Waals surface area contributed by atoms with E-state index in [2.05, 4.69) is 31.3 Å². The predicted octanol–water partition coefficient (Wildman–Crippen LogP) is 4.41. The highest BCUT2D eigenvalue weighted by Gasteiger charge is 2.14. The molecule has 1 amide bonds. The average molecular weight is 346 g/mol. The van der Waals surface area contributed by atoms with Crippen molar-refractivity contribution >= 4 is 17.5 Å². The molecule has 1 heterocycles. The van der Waals surface area contributed by atoms with Crippen LogP contribution < -0.4 is 9.88 Å². The fourth-order valence-corrected chi connectivity index (χ4v) is 3.02. The van der Waals surface area contributed by atoms with Gasteiger partial charge in [-0.25, -0.2) is 0 Å². The highest BCUT2D eigenvalue weighted by Crippen LogP contribution is 2.21. The maximum Gasteiger partial charge on any atom is 0.286 e. The van der Waals surface area contributed by atoms with E-state index < -0.39 is 0 Å². The van der Waals surface area contributed by atoms with Gasteiger partial charge in [-0.3, -0.25) is 4.79 Å². The lowest BCUT2D eigenvalue weighted by Crippen LogP contribution is -2.43. The third kappa shape index (κ3) is 5.07. The molecule has 0 radical (unpaired) electrons. The second kappa shape index (κ2) is 8.84. The summed E-state index contributed by atoms with van der Waals surface area (Å²) in [6.45, 7) is 6.71. The van der Waals surface area contributed by atoms with Gasteiger partial charge < -0.3 is 5.32 Å². The number of carbonyl (C=O) groups excluding carboxylic acids is 1. The first kappa shape index (κ1) is 18.5. The van der Waals surface area contributed by atoms with Crippen molar-refractivity contribution in [1.29, 1.82) is 0 Å². The van der Waals surface area contributed by atoms with Crippen molar-refractivity contribution in [1.82, 2.24) is 5.32 Å². The third-order valence-electron chi connectivity index (χ3n) is 4.45. The van der Waals surface area contributed by atoms with E-state index in [1.165, 1.54) is 5.56 Å². The van der Waals surface area contributed by atoms with E-state index in [1.807, 2.05) is 48.1 Å². The molecule has 1 N–H and O–H groups in total. The zero-order valence-corrected chi connectivity index (χ0v) is 15.4. The van der Waals surface area contributed by atoms with E-state index in [9.17, 15) is 4.79 Å². The van der Waals surface area contributed by atoms with Gasteiger partial charge in [0.05, 0.1) is 6.04 Å². The molecule has 3 nitrogen and oxygen atoms in total. The van der Waals surface area contributed by atoms with Crippen molar-refractivity contribution in [3.8, 4) is 0 Å². The first-order chi connectivity index (χ1) is 11.5. The Labute approximate surface area is 149 Å². The Kier molecular flexibility index (Phi) is 6.80. The van der Waals surface area contributed by atoms with Crippen molar-refractivity contribution < 1.29 is 9.36 Å². The molecule has 1 aromatic carbocycles. The Balaban J connectivity index is 1.93. The van der Waals surface area contributed by atoms with Crippen LogP contribution in [0.2, 0.25) is 5.02 Å². The van der Waals surface area contributed by atoms with E-state index in [4.69, 9.17) is 11.6 Å². The van der Waals surface area contributed by atoms with Crippen LogP contribution in [-0.2, 0) is 11.3 Å². The zero-order chi connectivity index (χ0) is 17.5. The number of pyridine rings is 1. The summed E-state index contributed by atoms with van der Waals surface area (Å²) in [5, 5.41) is 3.72. The van der Waals surface area contributed by atoms with Gasteiger partial charge in [-0.2, -0.15) is 4.57 Å². The highest BCUT2D eigenvalue weighted by molar-refractivity contribution is 6.30. The molecule has 0 saturated carbocycles. The molecule has 1 atom stereocenters. The standard InChI is InChI=1S/C20H25ClN2O/c1-4-16(5-2)18-10-12-23(13-11-18)14-20(24)22-15(3)17-6-8-19(21)9-7-17/h6-13,15-16H,4-5,14H2,1-3H3/p+1/t15-/m1/s1. The normalized spacial score (nSPS) is 12.2. The van der Waals surface area contributed by atoms with E-state index in [0.29, 0.717) is 17.5 Å². The molecule has 2 rings (SSSR count). The largest absolute Gasteiger partial charge is 0.344 e. The lowest BCUT2D eigenvalue weighted by Gasteiger charge is -2.14. The summed E-state index contributed by atoms with van der Waals surface area (Å²) in [4.78, 5) is 12.2. The summed E-state index contributed by atoms with van der Waals surface area (Å²) in [5.74, 6) is 0.594. The van der Waals surface area contributed by atoms with Gasteiger partial charge in [-0.1, -0.05) is 37.6 Å². The van der Waals surface area contributed by atoms with Gasteiger partial charge in [0.15, 0.2) is 12.4 Å². The molecule has 0 aliphatic rings. The number of hydrogen-bond acceptors (Lipinski definition) is 1. The maximum atomic E-state index is 12.2. The Hall–Kier alpha value is -1.87. The van der Waals surface area contributed by atoms with Crippen LogP contribution in [0.1, 0.15) is 56.7 Å². The van der Waals surface area contributed by atoms with Gasteiger partial charge in [0.2, 0.25) is 6.54 Å². The van der Waals surface area contributed by atoms with Crippen LogP contribution >= 0.6 is 11.6 Å². The van der Waals surface area contributed by atoms with Crippen molar-refractivity contribution in [3.05, 3.63) is 64.9 Å². The third-order valence-corrected chi connectivity index (χ3v) is 4.70. The summed E-state index contributed by atoms with van der Waals surface area (Å²) < 4.78 is 1.91. The lowest BCUT2D eigenvalue weighted by atomic mass is 9.95. The molecule has 0 fully saturated rings. The lowest BCUT2D eigenvalue weighted by molar-refractivity contribution is -0.684. The monoisotopic (exact) mass is 345 g/mol. The minimum absolute atomic E-state index is 0.00210. The molecule has 2 aromatic rings. The highest BCUT2D eigenvalue weighted by atomic mass is 35.5. The molecule has 1 aromatic heterocycles. The van der Waals surface area contributed by atoms with E-state index >= 15 is 0 Å². The Morgan fingerprint density at radius 3 is 2.17 bits per heavy atom. The van der Waals surface area contributed by atoms with Gasteiger partial charge in [0.25, 0.3) is 5.91 Å². The van der Waals surface area contributed by atoms with Gasteiger partial charge >= 0.3 is 0 Å². The molecule has 0 bridgehead atoms. The molecule has 0 aliphatic carbocycles. The zero-order valence-electron chi connectivity index (χ0n) is 14.6. The summed E-state index contributed by atoms with van der Waals surface area (Å²) >= 11 is 5.89. The second-order valence-corrected chi connectivity index (χ2v) is 6.59. The quantitative estimate of drug-likeness (QED) is 0.741. The fourth-order valence-electron chi connectivity index (χ4n) is 2.89. The Morgan fingerprint density at radius 2 is 1.62 bits per heavy atom. The number of hydrogen-bond donors (Lipinski definition) is 1. The van der Waals surface area contributed by atoms with Crippen molar-refractivity contribution in [3.63, 3.8) is 0 Å². The van der Waals surface area contributed by atoms with E-state index in [0.717, 1.165) is 18.4 Å². The molecule has 0 spiro atoms. The summed E-state index contributed by atoms with van der Waals surface area (Å²) in [5.41, 5.74) is 2.38. The number of amides is 1. The van der Waals surface area contributed by atoms with Gasteiger partial charge in [0, 0.05) is 17.2 Å². The molecular formula is C20H26ClN2O+. The summed E-state index contributed by atoms with van der Waals surface area (Å²) in [7, 11) is 0. The number of carbonyl (C=O) groups is 1. The number of rotatable bonds is 7. The number of benzene rings is 1. The van der Waals surface area contributed by atoms with Crippen LogP contribution in [0, 0.1) is 0 Å². The van der Waals surface area contributed by atoms with Crippen molar-refractivity contribution in [2.24, 2.45) is 0 Å². The summed E-state index contributed by atoms with van der Waals surface area (Å²) in [6, 6.07) is 11.7. The average Bonchev–Trinajstić information content (AvgIpc) is 2.58. The fraction of sp³-hybridized carbons (Fsp3) is 0.400. The molecule has 4 heteroatoms. The van der Waals surface area contributed by atoms with Crippen LogP contribution in [-0.4, -0.2) is 5.91 Å². The molecule has 0 aliphatic heterocycles. The van der Waals surface area contributed by atoms with Crippen LogP contribution in [0.5, 0.6) is 0 Å². The van der Waals surface area contributed by atoms with E-state index in [-0.39, 0.29) is 11.9 Å². The topological polar surface area (TPSA) is 33.0 Å². The van der Waals surface area contributed by atoms with Gasteiger partial charge in [0.1, 0.15) is 0 Å². The van der Waals surface area contributed by atoms with Gasteiger partial charge in [-0.15, -0.1) is 0 Å². The molecular weight excluding hydrogens is 320 g/mol. The Morgan fingerprint density at radius 1 is 1.04 bits per heavy atom. The smallest absolute Gasteiger partial charge is 0.286 e. The first-order valence-corrected chi connectivity index (χ1v) is 8.95. The SMILES string of the molecule is CCC(CC)c1cc[n+](CC(=O)N[C@H](C)c2ccc(Cl)cc2)cc1. The summed E-state index contributed by atoms with van der Waals surface area (Å²) in [6.07, 6.45) is 6.25. The van der Waals surface area contributed by atoms with Crippen molar-refractivity contribution in [2.45, 2.75) is 52.1 Å². The van der Waals surface area contributed by atoms with Gasteiger partial charge in [-0.05, 0) is 48.9 Å². The van der Waals surface area contributed by atoms with Crippen LogP contribution in [0.25, 0.3) is 0 Å². The number of aromatic nitrogens is 1. The molecule has 24 heavy (non-hydrogen) atoms. The predicted molar refractivity (Wildman–Crippen MR) is 98.0 cm³/mol. The second-order valence-electron chi connectivity index (χ2n) is 6.16. The van der Waals surface area contributed by atoms with Crippen molar-refractivity contribution in [2.75, 3.05) is 0 Å².